The SMILES string of the molecule is CC1(C(=O)O)CCCC[C@H]1O. The second-order valence-electron chi connectivity index (χ2n) is 3.48. The Morgan fingerprint density at radius 3 is 2.55 bits per heavy atom. The summed E-state index contributed by atoms with van der Waals surface area (Å²) in [6, 6.07) is 0. The Balaban J connectivity index is 2.72. The third-order valence-electron chi connectivity index (χ3n) is 2.65. The second-order valence-corrected chi connectivity index (χ2v) is 3.48. The zero-order valence-electron chi connectivity index (χ0n) is 6.71. The molecule has 1 rings (SSSR count). The van der Waals surface area contributed by atoms with Gasteiger partial charge in [-0.05, 0) is 19.8 Å². The third-order valence-corrected chi connectivity index (χ3v) is 2.65. The number of hydrogen-bond donors (Lipinski definition) is 2. The molecular weight excluding hydrogens is 144 g/mol. The maximum absolute atomic E-state index is 10.7. The van der Waals surface area contributed by atoms with Crippen molar-refractivity contribution in [2.24, 2.45) is 5.41 Å². The van der Waals surface area contributed by atoms with Crippen LogP contribution < -0.4 is 0 Å². The average Bonchev–Trinajstić information content (AvgIpc) is 1.95. The first-order valence-electron chi connectivity index (χ1n) is 3.99. The van der Waals surface area contributed by atoms with E-state index in [1.807, 2.05) is 0 Å². The normalized spacial score (nSPS) is 38.5. The summed E-state index contributed by atoms with van der Waals surface area (Å²) in [6.45, 7) is 1.62. The molecule has 3 nitrogen and oxygen atoms in total. The standard InChI is InChI=1S/C8H14O3/c1-8(7(10)11)5-3-2-4-6(8)9/h6,9H,2-5H2,1H3,(H,10,11)/t6-,8?/m1/s1. The van der Waals surface area contributed by atoms with Crippen molar-refractivity contribution in [2.45, 2.75) is 38.7 Å². The number of carboxylic acid groups (broad SMARTS) is 1. The lowest BCUT2D eigenvalue weighted by molar-refractivity contribution is -0.158. The van der Waals surface area contributed by atoms with E-state index in [9.17, 15) is 9.90 Å². The Morgan fingerprint density at radius 1 is 1.55 bits per heavy atom. The van der Waals surface area contributed by atoms with Gasteiger partial charge < -0.3 is 10.2 Å². The Morgan fingerprint density at radius 2 is 2.18 bits per heavy atom. The predicted molar refractivity (Wildman–Crippen MR) is 40.2 cm³/mol. The summed E-state index contributed by atoms with van der Waals surface area (Å²) in [5.74, 6) is -0.871. The minimum atomic E-state index is -0.891. The smallest absolute Gasteiger partial charge is 0.311 e. The quantitative estimate of drug-likeness (QED) is 0.598. The minimum absolute atomic E-state index is 0.601. The highest BCUT2D eigenvalue weighted by atomic mass is 16.4. The Labute approximate surface area is 66.0 Å². The molecule has 1 saturated carbocycles. The van der Waals surface area contributed by atoms with Crippen molar-refractivity contribution in [1.29, 1.82) is 0 Å². The highest BCUT2D eigenvalue weighted by Crippen LogP contribution is 2.36. The number of hydrogen-bond acceptors (Lipinski definition) is 2. The Bertz CT molecular complexity index is 167. The molecule has 0 bridgehead atoms. The Hall–Kier alpha value is -0.570. The molecule has 0 aromatic heterocycles. The minimum Gasteiger partial charge on any atom is -0.481 e. The molecule has 11 heavy (non-hydrogen) atoms. The molecule has 1 aliphatic rings. The fraction of sp³-hybridized carbons (Fsp3) is 0.875. The molecule has 2 atom stereocenters. The summed E-state index contributed by atoms with van der Waals surface area (Å²) in [5, 5.41) is 18.2. The van der Waals surface area contributed by atoms with Crippen LogP contribution in [-0.2, 0) is 4.79 Å². The van der Waals surface area contributed by atoms with Gasteiger partial charge in [-0.25, -0.2) is 0 Å². The monoisotopic (exact) mass is 158 g/mol. The van der Waals surface area contributed by atoms with Crippen LogP contribution in [0, 0.1) is 5.41 Å². The number of carbonyl (C=O) groups is 1. The maximum Gasteiger partial charge on any atom is 0.311 e. The Kier molecular flexibility index (Phi) is 2.18. The van der Waals surface area contributed by atoms with Crippen LogP contribution in [0.5, 0.6) is 0 Å². The van der Waals surface area contributed by atoms with Crippen molar-refractivity contribution < 1.29 is 15.0 Å². The van der Waals surface area contributed by atoms with Gasteiger partial charge in [-0.3, -0.25) is 4.79 Å². The summed E-state index contributed by atoms with van der Waals surface area (Å²) in [5.41, 5.74) is -0.891. The molecule has 0 aromatic carbocycles. The average molecular weight is 158 g/mol. The molecule has 1 unspecified atom stereocenters. The summed E-state index contributed by atoms with van der Waals surface area (Å²) in [6.07, 6.45) is 2.43. The van der Waals surface area contributed by atoms with Gasteiger partial charge in [0.1, 0.15) is 0 Å². The highest BCUT2D eigenvalue weighted by molar-refractivity contribution is 5.75. The maximum atomic E-state index is 10.7. The lowest BCUT2D eigenvalue weighted by Crippen LogP contribution is -2.42. The molecule has 0 aliphatic heterocycles. The number of aliphatic hydroxyl groups is 1. The van der Waals surface area contributed by atoms with Gasteiger partial charge in [-0.1, -0.05) is 12.8 Å². The first-order valence-corrected chi connectivity index (χ1v) is 3.99. The van der Waals surface area contributed by atoms with E-state index in [0.717, 1.165) is 12.8 Å². The van der Waals surface area contributed by atoms with Gasteiger partial charge in [0, 0.05) is 0 Å². The van der Waals surface area contributed by atoms with E-state index in [1.54, 1.807) is 6.92 Å². The van der Waals surface area contributed by atoms with Crippen molar-refractivity contribution in [3.63, 3.8) is 0 Å². The van der Waals surface area contributed by atoms with Gasteiger partial charge in [-0.15, -0.1) is 0 Å². The molecule has 1 fully saturated rings. The van der Waals surface area contributed by atoms with Crippen molar-refractivity contribution >= 4 is 5.97 Å². The molecule has 0 heterocycles. The van der Waals surface area contributed by atoms with Crippen LogP contribution in [0.4, 0.5) is 0 Å². The van der Waals surface area contributed by atoms with E-state index < -0.39 is 17.5 Å². The topological polar surface area (TPSA) is 57.5 Å². The van der Waals surface area contributed by atoms with Crippen molar-refractivity contribution in [3.8, 4) is 0 Å². The molecule has 0 radical (unpaired) electrons. The first-order chi connectivity index (χ1) is 5.07. The second kappa shape index (κ2) is 2.81. The largest absolute Gasteiger partial charge is 0.481 e. The van der Waals surface area contributed by atoms with Crippen LogP contribution in [0.1, 0.15) is 32.6 Å². The van der Waals surface area contributed by atoms with Crippen LogP contribution in [0.3, 0.4) is 0 Å². The molecule has 64 valence electrons. The zero-order chi connectivity index (χ0) is 8.48. The number of rotatable bonds is 1. The van der Waals surface area contributed by atoms with Gasteiger partial charge >= 0.3 is 5.97 Å². The van der Waals surface area contributed by atoms with E-state index in [4.69, 9.17) is 5.11 Å². The van der Waals surface area contributed by atoms with Crippen molar-refractivity contribution in [1.82, 2.24) is 0 Å². The summed E-state index contributed by atoms with van der Waals surface area (Å²) in [7, 11) is 0. The van der Waals surface area contributed by atoms with Gasteiger partial charge in [0.05, 0.1) is 11.5 Å². The lowest BCUT2D eigenvalue weighted by Gasteiger charge is -2.34. The first kappa shape index (κ1) is 8.53. The molecule has 2 N–H and O–H groups in total. The van der Waals surface area contributed by atoms with Crippen LogP contribution in [0.15, 0.2) is 0 Å². The van der Waals surface area contributed by atoms with E-state index in [1.165, 1.54) is 0 Å². The van der Waals surface area contributed by atoms with E-state index in [-0.39, 0.29) is 0 Å². The number of aliphatic hydroxyl groups excluding tert-OH is 1. The van der Waals surface area contributed by atoms with E-state index in [0.29, 0.717) is 12.8 Å². The molecule has 0 aromatic rings. The third kappa shape index (κ3) is 1.38. The lowest BCUT2D eigenvalue weighted by atomic mass is 9.73. The van der Waals surface area contributed by atoms with Crippen LogP contribution >= 0.6 is 0 Å². The van der Waals surface area contributed by atoms with Crippen LogP contribution in [-0.4, -0.2) is 22.3 Å². The van der Waals surface area contributed by atoms with Crippen molar-refractivity contribution in [3.05, 3.63) is 0 Å². The van der Waals surface area contributed by atoms with Crippen LogP contribution in [0.2, 0.25) is 0 Å². The summed E-state index contributed by atoms with van der Waals surface area (Å²) < 4.78 is 0. The zero-order valence-corrected chi connectivity index (χ0v) is 6.71. The van der Waals surface area contributed by atoms with E-state index >= 15 is 0 Å². The number of aliphatic carboxylic acids is 1. The predicted octanol–water partition coefficient (Wildman–Crippen LogP) is 1.01. The van der Waals surface area contributed by atoms with Crippen molar-refractivity contribution in [2.75, 3.05) is 0 Å². The number of carboxylic acids is 1. The summed E-state index contributed by atoms with van der Waals surface area (Å²) in [4.78, 5) is 10.7. The fourth-order valence-corrected chi connectivity index (χ4v) is 1.56. The fourth-order valence-electron chi connectivity index (χ4n) is 1.56. The molecule has 0 saturated heterocycles. The van der Waals surface area contributed by atoms with E-state index in [2.05, 4.69) is 0 Å². The summed E-state index contributed by atoms with van der Waals surface area (Å²) >= 11 is 0. The van der Waals surface area contributed by atoms with Gasteiger partial charge in [0.2, 0.25) is 0 Å². The molecule has 0 amide bonds. The van der Waals surface area contributed by atoms with Crippen LogP contribution in [0.25, 0.3) is 0 Å². The van der Waals surface area contributed by atoms with Gasteiger partial charge in [0.25, 0.3) is 0 Å². The van der Waals surface area contributed by atoms with Gasteiger partial charge in [0.15, 0.2) is 0 Å². The molecule has 1 aliphatic carbocycles. The molecule has 3 heteroatoms. The molecular formula is C8H14O3. The molecule has 0 spiro atoms. The van der Waals surface area contributed by atoms with Gasteiger partial charge in [-0.2, -0.15) is 0 Å². The highest BCUT2D eigenvalue weighted by Gasteiger charge is 2.41.